The molecule has 0 aliphatic heterocycles. The fourth-order valence-corrected chi connectivity index (χ4v) is 2.77. The number of nitrogens with zero attached hydrogens (tertiary/aromatic N) is 1. The van der Waals surface area contributed by atoms with Gasteiger partial charge in [0.25, 0.3) is 0 Å². The molecular weight excluding hydrogens is 256 g/mol. The molecule has 3 nitrogen and oxygen atoms in total. The Labute approximate surface area is 115 Å². The molecule has 96 valence electrons. The van der Waals surface area contributed by atoms with Gasteiger partial charge in [-0.1, -0.05) is 18.2 Å². The zero-order chi connectivity index (χ0) is 13.2. The molecule has 0 radical (unpaired) electrons. The third-order valence-electron chi connectivity index (χ3n) is 2.90. The molecule has 0 amide bonds. The summed E-state index contributed by atoms with van der Waals surface area (Å²) >= 11 is 1.66. The summed E-state index contributed by atoms with van der Waals surface area (Å²) in [6.45, 7) is 2.48. The Morgan fingerprint density at radius 2 is 2.05 bits per heavy atom. The first-order valence-corrected chi connectivity index (χ1v) is 6.87. The van der Waals surface area contributed by atoms with Gasteiger partial charge in [0.15, 0.2) is 0 Å². The normalized spacial score (nSPS) is 10.8. The number of hydrogen-bond donors (Lipinski definition) is 1. The largest absolute Gasteiger partial charge is 0.486 e. The quantitative estimate of drug-likeness (QED) is 0.737. The number of nitrogen functional groups attached to an aromatic ring is 1. The van der Waals surface area contributed by atoms with Gasteiger partial charge >= 0.3 is 0 Å². The molecule has 0 bridgehead atoms. The minimum atomic E-state index is 0.476. The second kappa shape index (κ2) is 4.90. The minimum absolute atomic E-state index is 0.476. The lowest BCUT2D eigenvalue weighted by molar-refractivity contribution is 0.304. The molecule has 1 aromatic heterocycles. The number of hydrogen-bond acceptors (Lipinski definition) is 4. The summed E-state index contributed by atoms with van der Waals surface area (Å²) in [5.74, 6) is 0.819. The fourth-order valence-electron chi connectivity index (χ4n) is 1.89. The van der Waals surface area contributed by atoms with Crippen LogP contribution in [0.3, 0.4) is 0 Å². The number of anilines is 1. The van der Waals surface area contributed by atoms with Crippen molar-refractivity contribution in [3.63, 3.8) is 0 Å². The first-order chi connectivity index (χ1) is 9.22. The van der Waals surface area contributed by atoms with E-state index in [0.29, 0.717) is 12.3 Å². The maximum Gasteiger partial charge on any atom is 0.140 e. The highest BCUT2D eigenvalue weighted by molar-refractivity contribution is 7.18. The van der Waals surface area contributed by atoms with Crippen molar-refractivity contribution in [2.24, 2.45) is 0 Å². The Morgan fingerprint density at radius 1 is 1.21 bits per heavy atom. The van der Waals surface area contributed by atoms with Gasteiger partial charge in [0, 0.05) is 11.8 Å². The molecule has 19 heavy (non-hydrogen) atoms. The number of rotatable bonds is 3. The van der Waals surface area contributed by atoms with E-state index < -0.39 is 0 Å². The summed E-state index contributed by atoms with van der Waals surface area (Å²) in [6, 6.07) is 13.8. The topological polar surface area (TPSA) is 48.1 Å². The van der Waals surface area contributed by atoms with E-state index in [0.717, 1.165) is 21.8 Å². The number of nitrogens with two attached hydrogens (primary N) is 1. The van der Waals surface area contributed by atoms with Crippen molar-refractivity contribution in [3.05, 3.63) is 53.0 Å². The van der Waals surface area contributed by atoms with E-state index in [1.54, 1.807) is 11.3 Å². The molecular formula is C15H14N2OS. The molecule has 0 saturated carbocycles. The summed E-state index contributed by atoms with van der Waals surface area (Å²) < 4.78 is 6.99. The molecule has 0 unspecified atom stereocenters. The van der Waals surface area contributed by atoms with Crippen molar-refractivity contribution in [1.82, 2.24) is 4.98 Å². The smallest absolute Gasteiger partial charge is 0.140 e. The van der Waals surface area contributed by atoms with Crippen LogP contribution >= 0.6 is 11.3 Å². The number of benzene rings is 2. The molecule has 3 rings (SSSR count). The molecule has 0 aliphatic carbocycles. The molecule has 3 aromatic rings. The van der Waals surface area contributed by atoms with E-state index in [4.69, 9.17) is 10.5 Å². The molecule has 2 N–H and O–H groups in total. The highest BCUT2D eigenvalue weighted by Gasteiger charge is 2.05. The van der Waals surface area contributed by atoms with Gasteiger partial charge in [-0.25, -0.2) is 4.98 Å². The minimum Gasteiger partial charge on any atom is -0.486 e. The van der Waals surface area contributed by atoms with Crippen LogP contribution in [-0.4, -0.2) is 4.98 Å². The molecule has 4 heteroatoms. The van der Waals surface area contributed by atoms with Gasteiger partial charge in [-0.15, -0.1) is 11.3 Å². The van der Waals surface area contributed by atoms with Crippen molar-refractivity contribution in [2.45, 2.75) is 13.5 Å². The second-order valence-electron chi connectivity index (χ2n) is 4.39. The van der Waals surface area contributed by atoms with E-state index in [-0.39, 0.29) is 0 Å². The summed E-state index contributed by atoms with van der Waals surface area (Å²) in [5.41, 5.74) is 8.58. The first-order valence-electron chi connectivity index (χ1n) is 6.06. The average molecular weight is 270 g/mol. The van der Waals surface area contributed by atoms with Gasteiger partial charge in [0.05, 0.1) is 10.2 Å². The van der Waals surface area contributed by atoms with E-state index in [1.807, 2.05) is 43.3 Å². The monoisotopic (exact) mass is 270 g/mol. The number of aromatic nitrogens is 1. The van der Waals surface area contributed by atoms with Crippen LogP contribution in [0, 0.1) is 6.92 Å². The van der Waals surface area contributed by atoms with Crippen LogP contribution < -0.4 is 10.5 Å². The van der Waals surface area contributed by atoms with Crippen LogP contribution in [0.4, 0.5) is 5.69 Å². The fraction of sp³-hybridized carbons (Fsp3) is 0.133. The number of ether oxygens (including phenoxy) is 1. The molecule has 0 fully saturated rings. The van der Waals surface area contributed by atoms with Gasteiger partial charge < -0.3 is 10.5 Å². The van der Waals surface area contributed by atoms with E-state index in [1.165, 1.54) is 4.70 Å². The molecule has 2 aromatic carbocycles. The Balaban J connectivity index is 1.80. The third-order valence-corrected chi connectivity index (χ3v) is 3.91. The number of thiazole rings is 1. The summed E-state index contributed by atoms with van der Waals surface area (Å²) in [6.07, 6.45) is 0. The second-order valence-corrected chi connectivity index (χ2v) is 5.50. The van der Waals surface area contributed by atoms with E-state index in [2.05, 4.69) is 11.1 Å². The lowest BCUT2D eigenvalue weighted by Crippen LogP contribution is -1.97. The summed E-state index contributed by atoms with van der Waals surface area (Å²) in [4.78, 5) is 4.54. The van der Waals surface area contributed by atoms with Crippen LogP contribution in [0.15, 0.2) is 42.5 Å². The van der Waals surface area contributed by atoms with Crippen LogP contribution in [0.25, 0.3) is 10.2 Å². The van der Waals surface area contributed by atoms with Crippen molar-refractivity contribution in [1.29, 1.82) is 0 Å². The highest BCUT2D eigenvalue weighted by Crippen LogP contribution is 2.25. The predicted molar refractivity (Wildman–Crippen MR) is 79.5 cm³/mol. The third kappa shape index (κ3) is 2.53. The van der Waals surface area contributed by atoms with Gasteiger partial charge in [0.2, 0.25) is 0 Å². The maximum atomic E-state index is 5.80. The average Bonchev–Trinajstić information content (AvgIpc) is 2.82. The molecule has 1 heterocycles. The van der Waals surface area contributed by atoms with Crippen LogP contribution in [0.5, 0.6) is 5.75 Å². The van der Waals surface area contributed by atoms with Gasteiger partial charge in [0.1, 0.15) is 17.4 Å². The molecule has 0 spiro atoms. The van der Waals surface area contributed by atoms with E-state index >= 15 is 0 Å². The Bertz CT molecular complexity index is 688. The van der Waals surface area contributed by atoms with Crippen molar-refractivity contribution >= 4 is 27.2 Å². The van der Waals surface area contributed by atoms with Crippen molar-refractivity contribution in [3.8, 4) is 5.75 Å². The zero-order valence-electron chi connectivity index (χ0n) is 10.6. The van der Waals surface area contributed by atoms with E-state index in [9.17, 15) is 0 Å². The Kier molecular flexibility index (Phi) is 3.09. The Morgan fingerprint density at radius 3 is 2.89 bits per heavy atom. The predicted octanol–water partition coefficient (Wildman–Crippen LogP) is 3.77. The Hall–Kier alpha value is -2.07. The van der Waals surface area contributed by atoms with Gasteiger partial charge in [-0.3, -0.25) is 0 Å². The van der Waals surface area contributed by atoms with Gasteiger partial charge in [-0.05, 0) is 30.7 Å². The van der Waals surface area contributed by atoms with Crippen LogP contribution in [0.2, 0.25) is 0 Å². The lowest BCUT2D eigenvalue weighted by atomic mass is 10.2. The SMILES string of the molecule is Cc1ccc(N)cc1OCc1nc2ccccc2s1. The zero-order valence-corrected chi connectivity index (χ0v) is 11.4. The van der Waals surface area contributed by atoms with Gasteiger partial charge in [-0.2, -0.15) is 0 Å². The number of fused-ring (bicyclic) bond motifs is 1. The molecule has 0 saturated heterocycles. The number of aryl methyl sites for hydroxylation is 1. The number of para-hydroxylation sites is 1. The molecule has 0 atom stereocenters. The highest BCUT2D eigenvalue weighted by atomic mass is 32.1. The summed E-state index contributed by atoms with van der Waals surface area (Å²) in [7, 11) is 0. The first kappa shape index (κ1) is 12.0. The van der Waals surface area contributed by atoms with Crippen molar-refractivity contribution in [2.75, 3.05) is 5.73 Å². The standard InChI is InChI=1S/C15H14N2OS/c1-10-6-7-11(16)8-13(10)18-9-15-17-12-4-2-3-5-14(12)19-15/h2-8H,9,16H2,1H3. The maximum absolute atomic E-state index is 5.80. The van der Waals surface area contributed by atoms with Crippen LogP contribution in [0.1, 0.15) is 10.6 Å². The van der Waals surface area contributed by atoms with Crippen LogP contribution in [-0.2, 0) is 6.61 Å². The summed E-state index contributed by atoms with van der Waals surface area (Å²) in [5, 5.41) is 0.975. The lowest BCUT2D eigenvalue weighted by Gasteiger charge is -2.08. The van der Waals surface area contributed by atoms with Crippen molar-refractivity contribution < 1.29 is 4.74 Å². The molecule has 0 aliphatic rings.